The molecule has 1 saturated heterocycles. The minimum absolute atomic E-state index is 0.115. The number of rotatable bonds is 4. The van der Waals surface area contributed by atoms with Crippen LogP contribution in [0.2, 0.25) is 0 Å². The zero-order chi connectivity index (χ0) is 20.7. The van der Waals surface area contributed by atoms with Crippen LogP contribution in [-0.4, -0.2) is 54.4 Å². The predicted octanol–water partition coefficient (Wildman–Crippen LogP) is 2.85. The maximum atomic E-state index is 12.5. The van der Waals surface area contributed by atoms with Crippen molar-refractivity contribution >= 4 is 18.2 Å². The number of nitrogens with one attached hydrogen (secondary N) is 1. The second kappa shape index (κ2) is 9.43. The highest BCUT2D eigenvalue weighted by molar-refractivity contribution is 5.82. The Labute approximate surface area is 165 Å². The number of hydrogen-bond acceptors (Lipinski definition) is 6. The SMILES string of the molecule is COC(=O)[C@@H]1C[C@H](NC(=O)OC(C)(C)C)CCN1C(=O)OCc1ccccc1. The van der Waals surface area contributed by atoms with Crippen LogP contribution in [0.1, 0.15) is 39.2 Å². The fraction of sp³-hybridized carbons (Fsp3) is 0.550. The monoisotopic (exact) mass is 392 g/mol. The minimum Gasteiger partial charge on any atom is -0.467 e. The van der Waals surface area contributed by atoms with Gasteiger partial charge in [0.25, 0.3) is 0 Å². The Morgan fingerprint density at radius 3 is 2.46 bits per heavy atom. The molecule has 8 heteroatoms. The molecule has 1 aromatic carbocycles. The van der Waals surface area contributed by atoms with Crippen LogP contribution in [0.4, 0.5) is 9.59 Å². The summed E-state index contributed by atoms with van der Waals surface area (Å²) in [6, 6.07) is 8.15. The number of hydrogen-bond donors (Lipinski definition) is 1. The Morgan fingerprint density at radius 2 is 1.86 bits per heavy atom. The molecule has 2 amide bonds. The third kappa shape index (κ3) is 6.44. The molecule has 154 valence electrons. The van der Waals surface area contributed by atoms with Crippen LogP contribution >= 0.6 is 0 Å². The third-order valence-electron chi connectivity index (χ3n) is 4.24. The topological polar surface area (TPSA) is 94.2 Å². The first-order valence-electron chi connectivity index (χ1n) is 9.24. The van der Waals surface area contributed by atoms with Gasteiger partial charge in [0.05, 0.1) is 7.11 Å². The molecule has 0 aliphatic carbocycles. The molecule has 1 aliphatic heterocycles. The molecule has 8 nitrogen and oxygen atoms in total. The van der Waals surface area contributed by atoms with Crippen molar-refractivity contribution in [1.82, 2.24) is 10.2 Å². The Bertz CT molecular complexity index is 686. The molecule has 1 heterocycles. The molecule has 0 aromatic heterocycles. The van der Waals surface area contributed by atoms with E-state index < -0.39 is 29.8 Å². The fourth-order valence-corrected chi connectivity index (χ4v) is 2.95. The number of benzene rings is 1. The number of methoxy groups -OCH3 is 1. The van der Waals surface area contributed by atoms with Crippen molar-refractivity contribution in [3.8, 4) is 0 Å². The summed E-state index contributed by atoms with van der Waals surface area (Å²) in [5, 5.41) is 2.75. The third-order valence-corrected chi connectivity index (χ3v) is 4.24. The van der Waals surface area contributed by atoms with E-state index in [1.807, 2.05) is 30.3 Å². The van der Waals surface area contributed by atoms with E-state index in [1.165, 1.54) is 12.0 Å². The Morgan fingerprint density at radius 1 is 1.18 bits per heavy atom. The van der Waals surface area contributed by atoms with E-state index in [1.54, 1.807) is 20.8 Å². The predicted molar refractivity (Wildman–Crippen MR) is 102 cm³/mol. The van der Waals surface area contributed by atoms with E-state index in [0.717, 1.165) is 5.56 Å². The highest BCUT2D eigenvalue weighted by Gasteiger charge is 2.38. The van der Waals surface area contributed by atoms with E-state index in [-0.39, 0.29) is 25.6 Å². The van der Waals surface area contributed by atoms with Crippen molar-refractivity contribution in [2.45, 2.75) is 57.9 Å². The number of carbonyl (C=O) groups is 3. The summed E-state index contributed by atoms with van der Waals surface area (Å²) in [5.41, 5.74) is 0.236. The number of amides is 2. The van der Waals surface area contributed by atoms with Gasteiger partial charge >= 0.3 is 18.2 Å². The van der Waals surface area contributed by atoms with Gasteiger partial charge in [0.1, 0.15) is 18.2 Å². The smallest absolute Gasteiger partial charge is 0.410 e. The van der Waals surface area contributed by atoms with Crippen molar-refractivity contribution in [2.24, 2.45) is 0 Å². The number of esters is 1. The molecule has 0 bridgehead atoms. The molecule has 1 aromatic rings. The van der Waals surface area contributed by atoms with Gasteiger partial charge in [-0.2, -0.15) is 0 Å². The van der Waals surface area contributed by atoms with Crippen LogP contribution in [0.3, 0.4) is 0 Å². The summed E-state index contributed by atoms with van der Waals surface area (Å²) in [7, 11) is 1.26. The Balaban J connectivity index is 1.97. The number of nitrogens with zero attached hydrogens (tertiary/aromatic N) is 1. The molecular formula is C20H28N2O6. The second-order valence-electron chi connectivity index (χ2n) is 7.64. The summed E-state index contributed by atoms with van der Waals surface area (Å²) in [6.45, 7) is 5.69. The van der Waals surface area contributed by atoms with Crippen LogP contribution in [0.25, 0.3) is 0 Å². The van der Waals surface area contributed by atoms with E-state index in [4.69, 9.17) is 14.2 Å². The van der Waals surface area contributed by atoms with Crippen LogP contribution in [0.5, 0.6) is 0 Å². The molecule has 1 N–H and O–H groups in total. The molecule has 0 unspecified atom stereocenters. The van der Waals surface area contributed by atoms with Crippen LogP contribution < -0.4 is 5.32 Å². The Hall–Kier alpha value is -2.77. The average Bonchev–Trinajstić information content (AvgIpc) is 2.64. The summed E-state index contributed by atoms with van der Waals surface area (Å²) in [4.78, 5) is 38.0. The van der Waals surface area contributed by atoms with E-state index in [9.17, 15) is 14.4 Å². The summed E-state index contributed by atoms with van der Waals surface area (Å²) in [5.74, 6) is -0.549. The van der Waals surface area contributed by atoms with Gasteiger partial charge in [-0.15, -0.1) is 0 Å². The number of piperidine rings is 1. The Kier molecular flexibility index (Phi) is 7.25. The highest BCUT2D eigenvalue weighted by atomic mass is 16.6. The van der Waals surface area contributed by atoms with Gasteiger partial charge in [0.2, 0.25) is 0 Å². The maximum Gasteiger partial charge on any atom is 0.410 e. The molecule has 2 atom stereocenters. The van der Waals surface area contributed by atoms with Gasteiger partial charge in [-0.1, -0.05) is 30.3 Å². The highest BCUT2D eigenvalue weighted by Crippen LogP contribution is 2.21. The van der Waals surface area contributed by atoms with Crippen LogP contribution in [0.15, 0.2) is 30.3 Å². The number of alkyl carbamates (subject to hydrolysis) is 1. The van der Waals surface area contributed by atoms with E-state index >= 15 is 0 Å². The number of ether oxygens (including phenoxy) is 3. The number of carbonyl (C=O) groups excluding carboxylic acids is 3. The summed E-state index contributed by atoms with van der Waals surface area (Å²) >= 11 is 0. The first-order chi connectivity index (χ1) is 13.2. The standard InChI is InChI=1S/C20H28N2O6/c1-20(2,3)28-18(24)21-15-10-11-22(16(12-15)17(23)26-4)19(25)27-13-14-8-6-5-7-9-14/h5-9,15-16H,10-13H2,1-4H3,(H,21,24)/t15-,16+/m1/s1. The summed E-state index contributed by atoms with van der Waals surface area (Å²) in [6.07, 6.45) is -0.435. The van der Waals surface area contributed by atoms with Gasteiger partial charge in [0, 0.05) is 12.6 Å². The van der Waals surface area contributed by atoms with Crippen molar-refractivity contribution < 1.29 is 28.6 Å². The largest absolute Gasteiger partial charge is 0.467 e. The molecule has 1 fully saturated rings. The average molecular weight is 392 g/mol. The van der Waals surface area contributed by atoms with Gasteiger partial charge in [-0.25, -0.2) is 14.4 Å². The van der Waals surface area contributed by atoms with Crippen molar-refractivity contribution in [3.63, 3.8) is 0 Å². The molecular weight excluding hydrogens is 364 g/mol. The van der Waals surface area contributed by atoms with Crippen molar-refractivity contribution in [2.75, 3.05) is 13.7 Å². The van der Waals surface area contributed by atoms with Gasteiger partial charge in [0.15, 0.2) is 0 Å². The lowest BCUT2D eigenvalue weighted by Gasteiger charge is -2.37. The van der Waals surface area contributed by atoms with Crippen LogP contribution in [0, 0.1) is 0 Å². The molecule has 1 aliphatic rings. The molecule has 28 heavy (non-hydrogen) atoms. The van der Waals surface area contributed by atoms with Gasteiger partial charge in [-0.3, -0.25) is 4.90 Å². The van der Waals surface area contributed by atoms with Gasteiger partial charge < -0.3 is 19.5 Å². The zero-order valence-electron chi connectivity index (χ0n) is 16.8. The van der Waals surface area contributed by atoms with Crippen molar-refractivity contribution in [3.05, 3.63) is 35.9 Å². The van der Waals surface area contributed by atoms with Gasteiger partial charge in [-0.05, 0) is 39.2 Å². The normalized spacial score (nSPS) is 19.5. The van der Waals surface area contributed by atoms with Crippen molar-refractivity contribution in [1.29, 1.82) is 0 Å². The first kappa shape index (κ1) is 21.5. The lowest BCUT2D eigenvalue weighted by molar-refractivity contribution is -0.148. The maximum absolute atomic E-state index is 12.5. The second-order valence-corrected chi connectivity index (χ2v) is 7.64. The molecule has 0 radical (unpaired) electrons. The lowest BCUT2D eigenvalue weighted by Crippen LogP contribution is -2.55. The zero-order valence-corrected chi connectivity index (χ0v) is 16.8. The minimum atomic E-state index is -0.832. The van der Waals surface area contributed by atoms with Crippen LogP contribution in [-0.2, 0) is 25.6 Å². The van der Waals surface area contributed by atoms with E-state index in [2.05, 4.69) is 5.32 Å². The molecule has 0 spiro atoms. The lowest BCUT2D eigenvalue weighted by atomic mass is 9.97. The summed E-state index contributed by atoms with van der Waals surface area (Å²) < 4.78 is 15.4. The van der Waals surface area contributed by atoms with E-state index in [0.29, 0.717) is 6.42 Å². The number of likely N-dealkylation sites (tertiary alicyclic amines) is 1. The molecule has 0 saturated carbocycles. The quantitative estimate of drug-likeness (QED) is 0.625. The molecule has 2 rings (SSSR count). The fourth-order valence-electron chi connectivity index (χ4n) is 2.95. The first-order valence-corrected chi connectivity index (χ1v) is 9.24.